The summed E-state index contributed by atoms with van der Waals surface area (Å²) in [4.78, 5) is 14.6. The van der Waals surface area contributed by atoms with Crippen LogP contribution in [0.1, 0.15) is 18.4 Å². The molecule has 5 nitrogen and oxygen atoms in total. The molecule has 1 fully saturated rings. The second-order valence-electron chi connectivity index (χ2n) is 8.60. The quantitative estimate of drug-likeness (QED) is 0.363. The van der Waals surface area contributed by atoms with Crippen LogP contribution in [0, 0.1) is 0 Å². The molecule has 1 N–H and O–H groups in total. The number of methoxy groups -OCH3 is 1. The van der Waals surface area contributed by atoms with Crippen LogP contribution in [0.2, 0.25) is 0 Å². The van der Waals surface area contributed by atoms with Crippen LogP contribution in [0.25, 0.3) is 28.2 Å². The van der Waals surface area contributed by atoms with Gasteiger partial charge in [0.25, 0.3) is 0 Å². The molecule has 0 radical (unpaired) electrons. The van der Waals surface area contributed by atoms with Crippen molar-refractivity contribution in [1.29, 1.82) is 0 Å². The van der Waals surface area contributed by atoms with Crippen LogP contribution in [0.3, 0.4) is 0 Å². The van der Waals surface area contributed by atoms with Gasteiger partial charge in [0.15, 0.2) is 0 Å². The summed E-state index contributed by atoms with van der Waals surface area (Å²) in [5.74, 6) is 0.822. The first-order chi connectivity index (χ1) is 16.7. The average Bonchev–Trinajstić information content (AvgIpc) is 2.89. The Morgan fingerprint density at radius 2 is 1.68 bits per heavy atom. The Labute approximate surface area is 199 Å². The number of nitrogens with one attached hydrogen (secondary N) is 1. The Hall–Kier alpha value is -3.99. The predicted molar refractivity (Wildman–Crippen MR) is 138 cm³/mol. The number of fused-ring (bicyclic) bond motifs is 1. The Bertz CT molecular complexity index is 1340. The third kappa shape index (κ3) is 4.99. The molecule has 1 aromatic heterocycles. The summed E-state index contributed by atoms with van der Waals surface area (Å²) >= 11 is 0. The first-order valence-corrected chi connectivity index (χ1v) is 11.6. The van der Waals surface area contributed by atoms with Crippen molar-refractivity contribution in [2.75, 3.05) is 25.5 Å². The largest absolute Gasteiger partial charge is 0.497 e. The predicted octanol–water partition coefficient (Wildman–Crippen LogP) is 6.02. The van der Waals surface area contributed by atoms with Crippen molar-refractivity contribution in [1.82, 2.24) is 4.90 Å². The maximum atomic E-state index is 12.2. The smallest absolute Gasteiger partial charge is 0.338 e. The lowest BCUT2D eigenvalue weighted by Crippen LogP contribution is -2.36. The molecule has 1 aliphatic heterocycles. The molecule has 0 unspecified atom stereocenters. The van der Waals surface area contributed by atoms with Gasteiger partial charge in [-0.3, -0.25) is 0 Å². The van der Waals surface area contributed by atoms with Crippen molar-refractivity contribution in [3.05, 3.63) is 101 Å². The summed E-state index contributed by atoms with van der Waals surface area (Å²) in [6.07, 6.45) is 6.33. The van der Waals surface area contributed by atoms with Crippen LogP contribution in [0.15, 0.2) is 94.3 Å². The Morgan fingerprint density at radius 1 is 0.941 bits per heavy atom. The van der Waals surface area contributed by atoms with E-state index in [-0.39, 0.29) is 5.63 Å². The number of rotatable bonds is 6. The van der Waals surface area contributed by atoms with Crippen LogP contribution < -0.4 is 15.7 Å². The number of anilines is 1. The zero-order chi connectivity index (χ0) is 23.3. The maximum absolute atomic E-state index is 12.2. The van der Waals surface area contributed by atoms with E-state index >= 15 is 0 Å². The lowest BCUT2D eigenvalue weighted by Gasteiger charge is -2.32. The van der Waals surface area contributed by atoms with E-state index in [9.17, 15) is 4.79 Å². The Kier molecular flexibility index (Phi) is 6.34. The molecule has 1 saturated heterocycles. The van der Waals surface area contributed by atoms with Crippen molar-refractivity contribution in [2.45, 2.75) is 18.9 Å². The fourth-order valence-corrected chi connectivity index (χ4v) is 4.41. The molecular weight excluding hydrogens is 424 g/mol. The second-order valence-corrected chi connectivity index (χ2v) is 8.60. The molecule has 34 heavy (non-hydrogen) atoms. The molecule has 0 bridgehead atoms. The molecule has 0 saturated carbocycles. The number of benzene rings is 3. The normalized spacial score (nSPS) is 14.6. The topological polar surface area (TPSA) is 54.7 Å². The van der Waals surface area contributed by atoms with E-state index in [1.54, 1.807) is 13.2 Å². The highest BCUT2D eigenvalue weighted by Gasteiger charge is 2.18. The number of ether oxygens (including phenoxy) is 1. The molecule has 0 aliphatic carbocycles. The van der Waals surface area contributed by atoms with Crippen LogP contribution in [-0.2, 0) is 0 Å². The highest BCUT2D eigenvalue weighted by atomic mass is 16.5. The summed E-state index contributed by atoms with van der Waals surface area (Å²) in [6, 6.07) is 26.1. The Balaban J connectivity index is 1.32. The third-order valence-corrected chi connectivity index (χ3v) is 6.33. The van der Waals surface area contributed by atoms with Gasteiger partial charge in [-0.05, 0) is 66.1 Å². The average molecular weight is 453 g/mol. The van der Waals surface area contributed by atoms with Gasteiger partial charge in [-0.2, -0.15) is 0 Å². The van der Waals surface area contributed by atoms with Crippen LogP contribution in [0.5, 0.6) is 5.75 Å². The monoisotopic (exact) mass is 452 g/mol. The first kappa shape index (κ1) is 21.8. The van der Waals surface area contributed by atoms with Crippen molar-refractivity contribution in [2.24, 2.45) is 0 Å². The molecule has 4 aromatic rings. The number of hydrogen-bond donors (Lipinski definition) is 1. The summed E-state index contributed by atoms with van der Waals surface area (Å²) < 4.78 is 10.7. The summed E-state index contributed by atoms with van der Waals surface area (Å²) in [5.41, 5.74) is 4.44. The van der Waals surface area contributed by atoms with Crippen LogP contribution in [-0.4, -0.2) is 31.1 Å². The van der Waals surface area contributed by atoms with Crippen LogP contribution >= 0.6 is 0 Å². The molecule has 1 aliphatic rings. The van der Waals surface area contributed by atoms with E-state index in [0.717, 1.165) is 53.9 Å². The number of hydrogen-bond acceptors (Lipinski definition) is 5. The van der Waals surface area contributed by atoms with E-state index < -0.39 is 0 Å². The molecule has 5 heteroatoms. The van der Waals surface area contributed by atoms with Gasteiger partial charge < -0.3 is 19.4 Å². The van der Waals surface area contributed by atoms with Gasteiger partial charge in [-0.15, -0.1) is 0 Å². The van der Waals surface area contributed by atoms with Gasteiger partial charge in [0.1, 0.15) is 11.3 Å². The van der Waals surface area contributed by atoms with Gasteiger partial charge in [0.2, 0.25) is 0 Å². The third-order valence-electron chi connectivity index (χ3n) is 6.33. The van der Waals surface area contributed by atoms with Crippen molar-refractivity contribution < 1.29 is 9.15 Å². The fourth-order valence-electron chi connectivity index (χ4n) is 4.41. The number of piperidine rings is 1. The Morgan fingerprint density at radius 3 is 2.41 bits per heavy atom. The summed E-state index contributed by atoms with van der Waals surface area (Å²) in [7, 11) is 1.66. The lowest BCUT2D eigenvalue weighted by atomic mass is 10.0. The first-order valence-electron chi connectivity index (χ1n) is 11.6. The standard InChI is InChI=1S/C29H28N2O3/c1-33-25-10-7-22(8-11-25)23-9-12-28-26(19-23)27(20-29(32)34-28)30-24-14-17-31(18-15-24)16-13-21-5-3-2-4-6-21/h2-13,16,19-20,24,30H,14-15,17-18H2,1H3/b16-13+. The minimum absolute atomic E-state index is 0.302. The van der Waals surface area contributed by atoms with Gasteiger partial charge in [0, 0.05) is 30.6 Å². The molecular formula is C29H28N2O3. The molecule has 172 valence electrons. The van der Waals surface area contributed by atoms with Gasteiger partial charge in [-0.1, -0.05) is 48.5 Å². The number of likely N-dealkylation sites (tertiary alicyclic amines) is 1. The SMILES string of the molecule is COc1ccc(-c2ccc3oc(=O)cc(NC4CCN(/C=C/c5ccccc5)CC4)c3c2)cc1. The minimum atomic E-state index is -0.338. The highest BCUT2D eigenvalue weighted by molar-refractivity contribution is 5.93. The van der Waals surface area contributed by atoms with Crippen LogP contribution in [0.4, 0.5) is 5.69 Å². The fraction of sp³-hybridized carbons (Fsp3) is 0.207. The molecule has 2 heterocycles. The highest BCUT2D eigenvalue weighted by Crippen LogP contribution is 2.30. The minimum Gasteiger partial charge on any atom is -0.497 e. The zero-order valence-electron chi connectivity index (χ0n) is 19.2. The molecule has 0 spiro atoms. The van der Waals surface area contributed by atoms with Gasteiger partial charge in [-0.25, -0.2) is 4.79 Å². The number of nitrogens with zero attached hydrogens (tertiary/aromatic N) is 1. The van der Waals surface area contributed by atoms with E-state index in [1.165, 1.54) is 5.56 Å². The molecule has 3 aromatic carbocycles. The van der Waals surface area contributed by atoms with Crippen molar-refractivity contribution in [3.63, 3.8) is 0 Å². The maximum Gasteiger partial charge on any atom is 0.338 e. The zero-order valence-corrected chi connectivity index (χ0v) is 19.2. The second kappa shape index (κ2) is 9.87. The molecule has 5 rings (SSSR count). The summed E-state index contributed by atoms with van der Waals surface area (Å²) in [6.45, 7) is 1.94. The van der Waals surface area contributed by atoms with Gasteiger partial charge in [0.05, 0.1) is 12.8 Å². The van der Waals surface area contributed by atoms with Gasteiger partial charge >= 0.3 is 5.63 Å². The molecule has 0 amide bonds. The molecule has 0 atom stereocenters. The van der Waals surface area contributed by atoms with E-state index in [2.05, 4.69) is 52.8 Å². The van der Waals surface area contributed by atoms with E-state index in [4.69, 9.17) is 9.15 Å². The lowest BCUT2D eigenvalue weighted by molar-refractivity contribution is 0.295. The van der Waals surface area contributed by atoms with Crippen molar-refractivity contribution >= 4 is 22.7 Å². The van der Waals surface area contributed by atoms with Crippen molar-refractivity contribution in [3.8, 4) is 16.9 Å². The van der Waals surface area contributed by atoms with E-state index in [0.29, 0.717) is 11.6 Å². The van der Waals surface area contributed by atoms with E-state index in [1.807, 2.05) is 42.5 Å². The summed E-state index contributed by atoms with van der Waals surface area (Å²) in [5, 5.41) is 4.54.